The highest BCUT2D eigenvalue weighted by atomic mass is 16.6. The molecule has 0 fully saturated rings. The molecule has 0 bridgehead atoms. The number of hydrogen-bond donors (Lipinski definition) is 0. The zero-order valence-corrected chi connectivity index (χ0v) is 9.08. The van der Waals surface area contributed by atoms with Gasteiger partial charge in [-0.25, -0.2) is 4.98 Å². The van der Waals surface area contributed by atoms with Gasteiger partial charge in [0.15, 0.2) is 0 Å². The molecule has 0 aliphatic rings. The van der Waals surface area contributed by atoms with Crippen molar-refractivity contribution >= 4 is 16.6 Å². The molecule has 0 N–H and O–H groups in total. The Kier molecular flexibility index (Phi) is 2.78. The number of rotatable bonds is 2. The molecule has 17 heavy (non-hydrogen) atoms. The van der Waals surface area contributed by atoms with Crippen molar-refractivity contribution in [1.82, 2.24) is 9.97 Å². The van der Waals surface area contributed by atoms with E-state index in [0.717, 1.165) is 0 Å². The number of nitrogens with zero attached hydrogens (tertiary/aromatic N) is 3. The summed E-state index contributed by atoms with van der Waals surface area (Å²) < 4.78 is 0. The Bertz CT molecular complexity index is 655. The Balaban J connectivity index is 2.77. The average molecular weight is 231 g/mol. The van der Waals surface area contributed by atoms with E-state index in [4.69, 9.17) is 0 Å². The normalized spacial score (nSPS) is 10.4. The van der Waals surface area contributed by atoms with Gasteiger partial charge in [-0.05, 0) is 12.5 Å². The highest BCUT2D eigenvalue weighted by Crippen LogP contribution is 2.17. The summed E-state index contributed by atoms with van der Waals surface area (Å²) in [6, 6.07) is 4.13. The molecule has 0 unspecified atom stereocenters. The van der Waals surface area contributed by atoms with E-state index in [9.17, 15) is 14.9 Å². The molecule has 0 amide bonds. The number of aryl methyl sites for hydroxylation is 1. The first-order chi connectivity index (χ1) is 8.11. The van der Waals surface area contributed by atoms with Gasteiger partial charge >= 0.3 is 0 Å². The van der Waals surface area contributed by atoms with Crippen molar-refractivity contribution < 1.29 is 4.92 Å². The predicted molar refractivity (Wildman–Crippen MR) is 61.8 cm³/mol. The molecule has 2 rings (SSSR count). The Morgan fingerprint density at radius 3 is 2.82 bits per heavy atom. The number of benzene rings is 1. The van der Waals surface area contributed by atoms with Crippen LogP contribution in [-0.4, -0.2) is 14.9 Å². The lowest BCUT2D eigenvalue weighted by Gasteiger charge is -1.91. The van der Waals surface area contributed by atoms with Crippen molar-refractivity contribution in [3.8, 4) is 0 Å². The van der Waals surface area contributed by atoms with Gasteiger partial charge in [0.05, 0.1) is 10.4 Å². The molecule has 1 heterocycles. The molecule has 6 nitrogen and oxygen atoms in total. The largest absolute Gasteiger partial charge is 0.291 e. The molecule has 1 aromatic carbocycles. The summed E-state index contributed by atoms with van der Waals surface area (Å²) in [4.78, 5) is 29.6. The molecular weight excluding hydrogens is 222 g/mol. The third kappa shape index (κ3) is 2.10. The van der Waals surface area contributed by atoms with Crippen LogP contribution in [-0.2, 0) is 6.42 Å². The van der Waals surface area contributed by atoms with E-state index >= 15 is 0 Å². The van der Waals surface area contributed by atoms with Gasteiger partial charge in [-0.15, -0.1) is 0 Å². The lowest BCUT2D eigenvalue weighted by Crippen LogP contribution is -2.09. The fourth-order valence-electron chi connectivity index (χ4n) is 1.48. The maximum atomic E-state index is 11.6. The van der Waals surface area contributed by atoms with Crippen LogP contribution in [0.25, 0.3) is 10.9 Å². The average Bonchev–Trinajstić information content (AvgIpc) is 2.46. The van der Waals surface area contributed by atoms with E-state index < -0.39 is 10.5 Å². The third-order valence-electron chi connectivity index (χ3n) is 2.39. The van der Waals surface area contributed by atoms with Crippen LogP contribution in [0.5, 0.6) is 0 Å². The Morgan fingerprint density at radius 2 is 2.18 bits per heavy atom. The van der Waals surface area contributed by atoms with E-state index in [1.54, 1.807) is 6.92 Å². The van der Waals surface area contributed by atoms with Gasteiger partial charge in [0.25, 0.3) is 11.2 Å². The topological polar surface area (TPSA) is 86.0 Å². The van der Waals surface area contributed by atoms with Crippen molar-refractivity contribution in [3.05, 3.63) is 50.6 Å². The lowest BCUT2D eigenvalue weighted by molar-refractivity contribution is -0.384. The Labute approximate surface area is 96.1 Å². The minimum Gasteiger partial charge on any atom is -0.265 e. The molecule has 0 saturated carbocycles. The predicted octanol–water partition coefficient (Wildman–Crippen LogP) is 1.46. The highest BCUT2D eigenvalue weighted by Gasteiger charge is 2.07. The van der Waals surface area contributed by atoms with Crippen molar-refractivity contribution in [2.24, 2.45) is 0 Å². The molecule has 0 spiro atoms. The van der Waals surface area contributed by atoms with E-state index in [0.29, 0.717) is 23.0 Å². The van der Waals surface area contributed by atoms with Gasteiger partial charge in [-0.3, -0.25) is 19.9 Å². The summed E-state index contributed by atoms with van der Waals surface area (Å²) in [6.07, 6.45) is 1.92. The van der Waals surface area contributed by atoms with Crippen LogP contribution in [0.1, 0.15) is 12.6 Å². The van der Waals surface area contributed by atoms with Crippen molar-refractivity contribution in [1.29, 1.82) is 0 Å². The summed E-state index contributed by atoms with van der Waals surface area (Å²) >= 11 is 0. The van der Waals surface area contributed by atoms with Crippen LogP contribution < -0.4 is 5.56 Å². The molecule has 0 aliphatic carbocycles. The van der Waals surface area contributed by atoms with Crippen LogP contribution in [0.2, 0.25) is 0 Å². The van der Waals surface area contributed by atoms with Gasteiger partial charge in [0.1, 0.15) is 5.69 Å². The van der Waals surface area contributed by atoms with Crippen LogP contribution in [0, 0.1) is 10.1 Å². The smallest absolute Gasteiger partial charge is 0.265 e. The van der Waals surface area contributed by atoms with Gasteiger partial charge in [-0.2, -0.15) is 0 Å². The Hall–Kier alpha value is -2.37. The van der Waals surface area contributed by atoms with Gasteiger partial charge in [0.2, 0.25) is 0 Å². The van der Waals surface area contributed by atoms with Crippen LogP contribution >= 0.6 is 0 Å². The second-order valence-electron chi connectivity index (χ2n) is 3.48. The zero-order chi connectivity index (χ0) is 12.4. The fourth-order valence-corrected chi connectivity index (χ4v) is 1.48. The van der Waals surface area contributed by atoms with Crippen molar-refractivity contribution in [3.63, 3.8) is 0 Å². The second kappa shape index (κ2) is 4.25. The molecule has 0 atom stereocenters. The van der Waals surface area contributed by atoms with Gasteiger partial charge < -0.3 is 0 Å². The molecule has 86 valence electrons. The minimum atomic E-state index is -0.495. The summed E-state index contributed by atoms with van der Waals surface area (Å²) in [7, 11) is 0. The van der Waals surface area contributed by atoms with Crippen LogP contribution in [0.3, 0.4) is 0 Å². The monoisotopic (exact) mass is 231 g/mol. The first-order valence-corrected chi connectivity index (χ1v) is 5.06. The van der Waals surface area contributed by atoms with Crippen LogP contribution in [0.15, 0.2) is 29.2 Å². The number of nitro benzene ring substituents is 1. The standard InChI is InChI=1S/C11H9N3O3/c1-2-9-11(15)13-10-4-3-8(14(16)17)5-7(10)6-12-9/h3-6H,2H2,1H3. The SMILES string of the molecule is CCc1ncc2cc([N+](=O)[O-])ccc2nc1=O. The van der Waals surface area contributed by atoms with Crippen LogP contribution in [0.4, 0.5) is 5.69 Å². The highest BCUT2D eigenvalue weighted by molar-refractivity contribution is 5.79. The van der Waals surface area contributed by atoms with E-state index in [2.05, 4.69) is 9.97 Å². The van der Waals surface area contributed by atoms with Crippen molar-refractivity contribution in [2.75, 3.05) is 0 Å². The maximum absolute atomic E-state index is 11.6. The summed E-state index contributed by atoms with van der Waals surface area (Å²) in [5.41, 5.74) is 0.325. The Morgan fingerprint density at radius 1 is 1.41 bits per heavy atom. The number of fused-ring (bicyclic) bond motifs is 1. The fraction of sp³-hybridized carbons (Fsp3) is 0.182. The van der Waals surface area contributed by atoms with Gasteiger partial charge in [-0.1, -0.05) is 6.92 Å². The molecule has 0 radical (unpaired) electrons. The molecular formula is C11H9N3O3. The molecule has 1 aromatic heterocycles. The first kappa shape index (κ1) is 11.1. The summed E-state index contributed by atoms with van der Waals surface area (Å²) in [5, 5.41) is 11.1. The number of nitro groups is 1. The lowest BCUT2D eigenvalue weighted by atomic mass is 10.2. The summed E-state index contributed by atoms with van der Waals surface area (Å²) in [5.74, 6) is 0. The first-order valence-electron chi connectivity index (χ1n) is 5.06. The molecule has 2 aromatic rings. The maximum Gasteiger partial charge on any atom is 0.291 e. The van der Waals surface area contributed by atoms with Gasteiger partial charge in [0, 0.05) is 23.7 Å². The minimum absolute atomic E-state index is 0.0437. The zero-order valence-electron chi connectivity index (χ0n) is 9.08. The molecule has 0 saturated heterocycles. The third-order valence-corrected chi connectivity index (χ3v) is 2.39. The number of aromatic nitrogens is 2. The quantitative estimate of drug-likeness (QED) is 0.576. The van der Waals surface area contributed by atoms with E-state index in [1.807, 2.05) is 0 Å². The summed E-state index contributed by atoms with van der Waals surface area (Å²) in [6.45, 7) is 1.80. The van der Waals surface area contributed by atoms with Crippen molar-refractivity contribution in [2.45, 2.75) is 13.3 Å². The second-order valence-corrected chi connectivity index (χ2v) is 3.48. The van der Waals surface area contributed by atoms with E-state index in [-0.39, 0.29) is 5.69 Å². The molecule has 6 heteroatoms. The number of non-ortho nitro benzene ring substituents is 1. The number of hydrogen-bond acceptors (Lipinski definition) is 5. The van der Waals surface area contributed by atoms with E-state index in [1.165, 1.54) is 24.4 Å². The molecule has 0 aliphatic heterocycles.